The molecule has 0 fully saturated rings. The van der Waals surface area contributed by atoms with Crippen LogP contribution < -0.4 is 5.32 Å². The van der Waals surface area contributed by atoms with Crippen LogP contribution in [0.15, 0.2) is 41.8 Å². The molecular formula is C12H9FN4O3S. The van der Waals surface area contributed by atoms with Gasteiger partial charge >= 0.3 is 5.69 Å². The second-order valence-electron chi connectivity index (χ2n) is 3.79. The van der Waals surface area contributed by atoms with Gasteiger partial charge in [-0.05, 0) is 18.2 Å². The third-order valence-corrected chi connectivity index (χ3v) is 3.18. The third kappa shape index (κ3) is 4.21. The molecule has 0 saturated heterocycles. The number of anilines is 1. The van der Waals surface area contributed by atoms with Crippen molar-refractivity contribution in [2.45, 2.75) is 5.16 Å². The fraction of sp³-hybridized carbons (Fsp3) is 0.0833. The molecule has 0 spiro atoms. The summed E-state index contributed by atoms with van der Waals surface area (Å²) in [5.41, 5.74) is -0.533. The molecular weight excluding hydrogens is 299 g/mol. The van der Waals surface area contributed by atoms with Crippen molar-refractivity contribution in [3.05, 3.63) is 52.6 Å². The van der Waals surface area contributed by atoms with Crippen molar-refractivity contribution in [1.82, 2.24) is 9.97 Å². The Labute approximate surface area is 122 Å². The maximum atomic E-state index is 13.2. The van der Waals surface area contributed by atoms with Gasteiger partial charge < -0.3 is 5.32 Å². The average molecular weight is 308 g/mol. The second kappa shape index (κ2) is 6.75. The fourth-order valence-electron chi connectivity index (χ4n) is 1.42. The van der Waals surface area contributed by atoms with E-state index in [0.29, 0.717) is 5.16 Å². The van der Waals surface area contributed by atoms with Gasteiger partial charge in [0.15, 0.2) is 5.16 Å². The lowest BCUT2D eigenvalue weighted by Gasteiger charge is -2.04. The van der Waals surface area contributed by atoms with Gasteiger partial charge in [0.1, 0.15) is 0 Å². The zero-order chi connectivity index (χ0) is 15.2. The lowest BCUT2D eigenvalue weighted by atomic mass is 10.2. The molecule has 0 radical (unpaired) electrons. The van der Waals surface area contributed by atoms with Crippen molar-refractivity contribution in [3.8, 4) is 0 Å². The molecule has 0 aliphatic carbocycles. The molecule has 1 amide bonds. The van der Waals surface area contributed by atoms with E-state index in [1.165, 1.54) is 6.07 Å². The first-order valence-electron chi connectivity index (χ1n) is 5.70. The van der Waals surface area contributed by atoms with Crippen molar-refractivity contribution >= 4 is 29.0 Å². The Hall–Kier alpha value is -2.55. The molecule has 7 nitrogen and oxygen atoms in total. The van der Waals surface area contributed by atoms with Crippen LogP contribution in [-0.2, 0) is 4.79 Å². The number of hydrogen-bond donors (Lipinski definition) is 1. The van der Waals surface area contributed by atoms with E-state index >= 15 is 0 Å². The molecule has 0 aliphatic heterocycles. The van der Waals surface area contributed by atoms with Crippen LogP contribution in [0.2, 0.25) is 0 Å². The molecule has 0 unspecified atom stereocenters. The smallest absolute Gasteiger partial charge is 0.306 e. The summed E-state index contributed by atoms with van der Waals surface area (Å²) in [4.78, 5) is 29.3. The normalized spacial score (nSPS) is 10.1. The quantitative estimate of drug-likeness (QED) is 0.394. The lowest BCUT2D eigenvalue weighted by Crippen LogP contribution is -2.14. The Morgan fingerprint density at radius 1 is 1.38 bits per heavy atom. The minimum Gasteiger partial charge on any atom is -0.325 e. The van der Waals surface area contributed by atoms with E-state index < -0.39 is 22.3 Å². The fourth-order valence-corrected chi connectivity index (χ4v) is 2.02. The first-order chi connectivity index (χ1) is 10.1. The summed E-state index contributed by atoms with van der Waals surface area (Å²) in [5.74, 6) is -1.31. The van der Waals surface area contributed by atoms with Gasteiger partial charge in [-0.25, -0.2) is 9.97 Å². The van der Waals surface area contributed by atoms with Gasteiger partial charge in [-0.1, -0.05) is 11.8 Å². The van der Waals surface area contributed by atoms with Crippen LogP contribution in [0.4, 0.5) is 15.8 Å². The van der Waals surface area contributed by atoms with Crippen LogP contribution in [0.3, 0.4) is 0 Å². The molecule has 108 valence electrons. The highest BCUT2D eigenvalue weighted by Crippen LogP contribution is 2.22. The Balaban J connectivity index is 1.97. The zero-order valence-corrected chi connectivity index (χ0v) is 11.3. The third-order valence-electron chi connectivity index (χ3n) is 2.30. The highest BCUT2D eigenvalue weighted by Gasteiger charge is 2.15. The van der Waals surface area contributed by atoms with Crippen LogP contribution in [0, 0.1) is 15.9 Å². The summed E-state index contributed by atoms with van der Waals surface area (Å²) in [6.07, 6.45) is 3.10. The van der Waals surface area contributed by atoms with E-state index in [2.05, 4.69) is 15.3 Å². The van der Waals surface area contributed by atoms with Crippen LogP contribution in [-0.4, -0.2) is 26.6 Å². The Morgan fingerprint density at radius 3 is 2.76 bits per heavy atom. The van der Waals surface area contributed by atoms with Gasteiger partial charge in [0.2, 0.25) is 11.7 Å². The molecule has 1 aromatic carbocycles. The molecule has 21 heavy (non-hydrogen) atoms. The highest BCUT2D eigenvalue weighted by molar-refractivity contribution is 7.99. The number of halogens is 1. The summed E-state index contributed by atoms with van der Waals surface area (Å²) >= 11 is 1.12. The van der Waals surface area contributed by atoms with E-state index in [1.54, 1.807) is 18.5 Å². The first kappa shape index (κ1) is 14.9. The molecule has 2 aromatic rings. The van der Waals surface area contributed by atoms with Crippen LogP contribution in [0.1, 0.15) is 0 Å². The van der Waals surface area contributed by atoms with Crippen molar-refractivity contribution in [2.24, 2.45) is 0 Å². The van der Waals surface area contributed by atoms with Gasteiger partial charge in [-0.3, -0.25) is 14.9 Å². The zero-order valence-electron chi connectivity index (χ0n) is 10.5. The van der Waals surface area contributed by atoms with Gasteiger partial charge in [0.25, 0.3) is 0 Å². The molecule has 1 N–H and O–H groups in total. The van der Waals surface area contributed by atoms with Gasteiger partial charge in [0, 0.05) is 24.1 Å². The Bertz CT molecular complexity index is 669. The maximum Gasteiger partial charge on any atom is 0.306 e. The summed E-state index contributed by atoms with van der Waals surface area (Å²) in [7, 11) is 0. The van der Waals surface area contributed by atoms with Crippen molar-refractivity contribution in [3.63, 3.8) is 0 Å². The summed E-state index contributed by atoms with van der Waals surface area (Å²) in [6, 6.07) is 4.81. The van der Waals surface area contributed by atoms with E-state index in [1.807, 2.05) is 0 Å². The van der Waals surface area contributed by atoms with Gasteiger partial charge in [-0.2, -0.15) is 4.39 Å². The number of amides is 1. The Morgan fingerprint density at radius 2 is 2.10 bits per heavy atom. The topological polar surface area (TPSA) is 98.0 Å². The van der Waals surface area contributed by atoms with E-state index in [-0.39, 0.29) is 11.4 Å². The first-order valence-corrected chi connectivity index (χ1v) is 6.68. The monoisotopic (exact) mass is 308 g/mol. The summed E-state index contributed by atoms with van der Waals surface area (Å²) in [5, 5.41) is 13.5. The van der Waals surface area contributed by atoms with Crippen molar-refractivity contribution in [2.75, 3.05) is 11.1 Å². The van der Waals surface area contributed by atoms with Crippen LogP contribution >= 0.6 is 11.8 Å². The number of carbonyl (C=O) groups excluding carboxylic acids is 1. The van der Waals surface area contributed by atoms with E-state index in [4.69, 9.17) is 0 Å². The SMILES string of the molecule is O=C(CSc1ncccn1)Nc1ccc(F)c([N+](=O)[O-])c1. The molecule has 0 bridgehead atoms. The minimum absolute atomic E-state index is 0.0369. The van der Waals surface area contributed by atoms with E-state index in [9.17, 15) is 19.3 Å². The number of benzene rings is 1. The standard InChI is InChI=1S/C12H9FN4O3S/c13-9-3-2-8(6-10(9)17(19)20)16-11(18)7-21-12-14-4-1-5-15-12/h1-6H,7H2,(H,16,18). The molecule has 0 atom stereocenters. The predicted octanol–water partition coefficient (Wildman–Crippen LogP) is 2.25. The van der Waals surface area contributed by atoms with Gasteiger partial charge in [0.05, 0.1) is 10.7 Å². The second-order valence-corrected chi connectivity index (χ2v) is 4.73. The number of nitrogens with one attached hydrogen (secondary N) is 1. The number of carbonyl (C=O) groups is 1. The number of nitrogens with zero attached hydrogens (tertiary/aromatic N) is 3. The number of hydrogen-bond acceptors (Lipinski definition) is 6. The predicted molar refractivity (Wildman–Crippen MR) is 74.4 cm³/mol. The average Bonchev–Trinajstić information content (AvgIpc) is 2.48. The highest BCUT2D eigenvalue weighted by atomic mass is 32.2. The lowest BCUT2D eigenvalue weighted by molar-refractivity contribution is -0.387. The molecule has 0 saturated carbocycles. The molecule has 1 heterocycles. The van der Waals surface area contributed by atoms with Crippen molar-refractivity contribution < 1.29 is 14.1 Å². The van der Waals surface area contributed by atoms with Gasteiger partial charge in [-0.15, -0.1) is 0 Å². The summed E-state index contributed by atoms with van der Waals surface area (Å²) in [6.45, 7) is 0. The molecule has 9 heteroatoms. The molecule has 0 aliphatic rings. The minimum atomic E-state index is -0.954. The number of nitro benzene ring substituents is 1. The number of thioether (sulfide) groups is 1. The Kier molecular flexibility index (Phi) is 4.77. The van der Waals surface area contributed by atoms with Crippen LogP contribution in [0.25, 0.3) is 0 Å². The number of aromatic nitrogens is 2. The summed E-state index contributed by atoms with van der Waals surface area (Å²) < 4.78 is 13.2. The molecule has 1 aromatic heterocycles. The van der Waals surface area contributed by atoms with Crippen LogP contribution in [0.5, 0.6) is 0 Å². The largest absolute Gasteiger partial charge is 0.325 e. The molecule has 2 rings (SSSR count). The number of rotatable bonds is 5. The van der Waals surface area contributed by atoms with E-state index in [0.717, 1.165) is 23.9 Å². The number of nitro groups is 1. The van der Waals surface area contributed by atoms with Crippen molar-refractivity contribution in [1.29, 1.82) is 0 Å². The maximum absolute atomic E-state index is 13.2.